The van der Waals surface area contributed by atoms with Crippen molar-refractivity contribution in [1.82, 2.24) is 0 Å². The molecule has 6 aliphatic heterocycles. The molecule has 0 bridgehead atoms. The Morgan fingerprint density at radius 3 is 1.94 bits per heavy atom. The van der Waals surface area contributed by atoms with E-state index in [0.717, 1.165) is 5.56 Å². The molecule has 268 valence electrons. The molecule has 0 amide bonds. The minimum Gasteiger partial charge on any atom is -0.461 e. The van der Waals surface area contributed by atoms with Gasteiger partial charge in [-0.25, -0.2) is 0 Å². The maximum Gasteiger partial charge on any atom is 0.231 e. The molecule has 0 aliphatic carbocycles. The van der Waals surface area contributed by atoms with Crippen molar-refractivity contribution in [3.8, 4) is 28.7 Å². The van der Waals surface area contributed by atoms with Gasteiger partial charge in [-0.05, 0) is 23.8 Å². The Bertz CT molecular complexity index is 1510. The Balaban J connectivity index is 1.00. The molecule has 6 heterocycles. The van der Waals surface area contributed by atoms with Crippen LogP contribution in [0.4, 0.5) is 0 Å². The predicted octanol–water partition coefficient (Wildman–Crippen LogP) is -1.78. The number of rotatable bonds is 8. The Hall–Kier alpha value is -3.04. The second-order valence-electron chi connectivity index (χ2n) is 12.9. The van der Waals surface area contributed by atoms with Crippen LogP contribution in [-0.2, 0) is 23.7 Å². The third kappa shape index (κ3) is 5.86. The second kappa shape index (κ2) is 13.3. The normalized spacial score (nSPS) is 40.8. The van der Waals surface area contributed by atoms with Gasteiger partial charge < -0.3 is 83.1 Å². The van der Waals surface area contributed by atoms with E-state index in [2.05, 4.69) is 0 Å². The van der Waals surface area contributed by atoms with E-state index >= 15 is 0 Å². The van der Waals surface area contributed by atoms with E-state index in [0.29, 0.717) is 41.8 Å². The van der Waals surface area contributed by atoms with E-state index in [1.165, 1.54) is 0 Å². The Morgan fingerprint density at radius 2 is 1.20 bits per heavy atom. The average Bonchev–Trinajstić information content (AvgIpc) is 3.92. The number of benzene rings is 2. The SMILES string of the molecule is OC[C@H]1O[C@@H](OC[C@H]2O[C@@H](Oc3cc4c(cc3[C@H]3OC[C@H]5[C@@H]3CO[C@@H]5c3ccc5c(c3)OCO5)OCO4)[C@H](O)[C@@H](O)[C@@H]2O)[C@H](O)[C@@H](O)[C@@H]1O. The zero-order chi connectivity index (χ0) is 34.0. The van der Waals surface area contributed by atoms with Crippen LogP contribution in [0.25, 0.3) is 0 Å². The number of aliphatic hydroxyl groups excluding tert-OH is 7. The lowest BCUT2D eigenvalue weighted by atomic mass is 9.84. The monoisotopic (exact) mass is 694 g/mol. The van der Waals surface area contributed by atoms with Crippen LogP contribution < -0.4 is 23.7 Å². The number of hydrogen-bond donors (Lipinski definition) is 7. The summed E-state index contributed by atoms with van der Waals surface area (Å²) in [5.74, 6) is 2.27. The van der Waals surface area contributed by atoms with Gasteiger partial charge in [-0.3, -0.25) is 0 Å². The summed E-state index contributed by atoms with van der Waals surface area (Å²) in [6.45, 7) is -0.259. The first-order chi connectivity index (χ1) is 23.7. The van der Waals surface area contributed by atoms with E-state index in [4.69, 9.17) is 47.4 Å². The molecule has 0 saturated carbocycles. The minimum atomic E-state index is -1.74. The molecule has 0 aromatic heterocycles. The minimum absolute atomic E-state index is 0.0129. The van der Waals surface area contributed by atoms with Crippen molar-refractivity contribution < 1.29 is 83.1 Å². The molecule has 6 aliphatic rings. The van der Waals surface area contributed by atoms with Crippen LogP contribution >= 0.6 is 0 Å². The van der Waals surface area contributed by atoms with E-state index in [1.54, 1.807) is 12.1 Å². The van der Waals surface area contributed by atoms with Gasteiger partial charge in [-0.2, -0.15) is 0 Å². The summed E-state index contributed by atoms with van der Waals surface area (Å²) < 4.78 is 57.9. The van der Waals surface area contributed by atoms with Crippen molar-refractivity contribution in [3.05, 3.63) is 41.5 Å². The van der Waals surface area contributed by atoms with Crippen LogP contribution in [0, 0.1) is 11.8 Å². The highest BCUT2D eigenvalue weighted by Crippen LogP contribution is 2.54. The maximum absolute atomic E-state index is 10.9. The van der Waals surface area contributed by atoms with Crippen LogP contribution in [-0.4, -0.2) is 137 Å². The molecule has 4 saturated heterocycles. The maximum atomic E-state index is 10.9. The summed E-state index contributed by atoms with van der Waals surface area (Å²) in [4.78, 5) is 0. The van der Waals surface area contributed by atoms with Crippen LogP contribution in [0.3, 0.4) is 0 Å². The highest BCUT2D eigenvalue weighted by Gasteiger charge is 2.51. The van der Waals surface area contributed by atoms with Gasteiger partial charge in [-0.1, -0.05) is 6.07 Å². The molecule has 2 aromatic rings. The fourth-order valence-electron chi connectivity index (χ4n) is 7.24. The molecular weight excluding hydrogens is 656 g/mol. The summed E-state index contributed by atoms with van der Waals surface area (Å²) in [5.41, 5.74) is 1.50. The topological polar surface area (TPSA) is 234 Å². The molecule has 49 heavy (non-hydrogen) atoms. The Labute approximate surface area is 278 Å². The van der Waals surface area contributed by atoms with Gasteiger partial charge >= 0.3 is 0 Å². The van der Waals surface area contributed by atoms with Gasteiger partial charge in [0, 0.05) is 23.5 Å². The largest absolute Gasteiger partial charge is 0.461 e. The van der Waals surface area contributed by atoms with Crippen LogP contribution in [0.5, 0.6) is 28.7 Å². The summed E-state index contributed by atoms with van der Waals surface area (Å²) in [6.07, 6.45) is -16.4. The fourth-order valence-corrected chi connectivity index (χ4v) is 7.24. The van der Waals surface area contributed by atoms with Crippen molar-refractivity contribution >= 4 is 0 Å². The van der Waals surface area contributed by atoms with Crippen molar-refractivity contribution in [2.45, 2.75) is 73.6 Å². The molecular formula is C32H38O17. The van der Waals surface area contributed by atoms with Gasteiger partial charge in [0.2, 0.25) is 19.9 Å². The van der Waals surface area contributed by atoms with Gasteiger partial charge in [-0.15, -0.1) is 0 Å². The van der Waals surface area contributed by atoms with Gasteiger partial charge in [0.05, 0.1) is 38.6 Å². The van der Waals surface area contributed by atoms with Crippen LogP contribution in [0.2, 0.25) is 0 Å². The molecule has 17 heteroatoms. The van der Waals surface area contributed by atoms with Crippen LogP contribution in [0.15, 0.2) is 30.3 Å². The van der Waals surface area contributed by atoms with Crippen LogP contribution in [0.1, 0.15) is 23.3 Å². The van der Waals surface area contributed by atoms with E-state index in [1.807, 2.05) is 18.2 Å². The van der Waals surface area contributed by atoms with Gasteiger partial charge in [0.1, 0.15) is 54.6 Å². The van der Waals surface area contributed by atoms with Crippen molar-refractivity contribution in [2.24, 2.45) is 11.8 Å². The zero-order valence-corrected chi connectivity index (χ0v) is 25.9. The number of hydrogen-bond acceptors (Lipinski definition) is 17. The molecule has 8 rings (SSSR count). The highest BCUT2D eigenvalue weighted by molar-refractivity contribution is 5.53. The molecule has 0 unspecified atom stereocenters. The lowest BCUT2D eigenvalue weighted by molar-refractivity contribution is -0.323. The number of fused-ring (bicyclic) bond motifs is 3. The van der Waals surface area contributed by atoms with E-state index < -0.39 is 80.7 Å². The first-order valence-electron chi connectivity index (χ1n) is 16.1. The van der Waals surface area contributed by atoms with Crippen molar-refractivity contribution in [1.29, 1.82) is 0 Å². The molecule has 4 fully saturated rings. The molecule has 0 radical (unpaired) electrons. The summed E-state index contributed by atoms with van der Waals surface area (Å²) in [5, 5.41) is 72.3. The number of ether oxygens (including phenoxy) is 10. The van der Waals surface area contributed by atoms with Gasteiger partial charge in [0.25, 0.3) is 0 Å². The third-order valence-electron chi connectivity index (χ3n) is 9.99. The molecule has 0 spiro atoms. The summed E-state index contributed by atoms with van der Waals surface area (Å²) in [7, 11) is 0. The molecule has 7 N–H and O–H groups in total. The molecule has 14 atom stereocenters. The van der Waals surface area contributed by atoms with E-state index in [9.17, 15) is 35.7 Å². The summed E-state index contributed by atoms with van der Waals surface area (Å²) >= 11 is 0. The highest BCUT2D eigenvalue weighted by atomic mass is 16.7. The smallest absolute Gasteiger partial charge is 0.231 e. The predicted molar refractivity (Wildman–Crippen MR) is 157 cm³/mol. The lowest BCUT2D eigenvalue weighted by Crippen LogP contribution is -2.62. The van der Waals surface area contributed by atoms with Crippen molar-refractivity contribution in [2.75, 3.05) is 40.0 Å². The van der Waals surface area contributed by atoms with Gasteiger partial charge in [0.15, 0.2) is 29.3 Å². The quantitative estimate of drug-likeness (QED) is 0.162. The average molecular weight is 695 g/mol. The van der Waals surface area contributed by atoms with Crippen molar-refractivity contribution in [3.63, 3.8) is 0 Å². The fraction of sp³-hybridized carbons (Fsp3) is 0.625. The first-order valence-corrected chi connectivity index (χ1v) is 16.1. The second-order valence-corrected chi connectivity index (χ2v) is 12.9. The standard InChI is InChI=1S/C32H38O17/c33-6-21-23(34)25(36)27(38)31(48-21)42-9-22-24(35)26(37)28(39)32(49-22)47-17-5-20-19(45-11-46-20)4-13(17)30-15-8-40-29(14(15)7-41-30)12-1-2-16-18(3-12)44-10-43-16/h1-5,14-15,21-39H,6-11H2/t14-,15-,21+,22+,23+,24+,25-,26-,27+,28+,29+,30+,31+,32+/m0/s1. The Kier molecular flexibility index (Phi) is 8.96. The first kappa shape index (κ1) is 33.1. The summed E-state index contributed by atoms with van der Waals surface area (Å²) in [6, 6.07) is 9.03. The number of aliphatic hydroxyl groups is 7. The third-order valence-corrected chi connectivity index (χ3v) is 9.99. The molecule has 2 aromatic carbocycles. The molecule has 17 nitrogen and oxygen atoms in total. The Morgan fingerprint density at radius 1 is 0.612 bits per heavy atom. The zero-order valence-electron chi connectivity index (χ0n) is 25.9. The van der Waals surface area contributed by atoms with E-state index in [-0.39, 0.29) is 37.3 Å². The lowest BCUT2D eigenvalue weighted by Gasteiger charge is -2.42.